The molecule has 0 radical (unpaired) electrons. The minimum atomic E-state index is 0.730. The minimum absolute atomic E-state index is 0.730. The number of rotatable bonds is 11. The molecule has 0 aliphatic heterocycles. The van der Waals surface area contributed by atoms with Crippen molar-refractivity contribution in [3.8, 4) is 0 Å². The Hall–Kier alpha value is -0.0800. The molecule has 0 amide bonds. The zero-order chi connectivity index (χ0) is 12.2. The number of hydrogen-bond acceptors (Lipinski definition) is 2. The molecular weight excluding hydrogens is 198 g/mol. The number of unbranched alkanes of at least 4 members (excludes halogenated alkanes) is 4. The van der Waals surface area contributed by atoms with Gasteiger partial charge in [0.2, 0.25) is 0 Å². The molecule has 0 aromatic heterocycles. The van der Waals surface area contributed by atoms with Gasteiger partial charge in [0.1, 0.15) is 0 Å². The highest BCUT2D eigenvalue weighted by Crippen LogP contribution is 2.22. The number of nitrogens with one attached hydrogen (secondary N) is 1. The molecule has 98 valence electrons. The second-order valence-corrected chi connectivity index (χ2v) is 5.21. The van der Waals surface area contributed by atoms with E-state index in [4.69, 9.17) is 5.21 Å². The van der Waals surface area contributed by atoms with E-state index < -0.39 is 0 Å². The van der Waals surface area contributed by atoms with Crippen LogP contribution in [0.25, 0.3) is 0 Å². The lowest BCUT2D eigenvalue weighted by Gasteiger charge is -2.19. The van der Waals surface area contributed by atoms with Gasteiger partial charge in [-0.15, -0.1) is 0 Å². The Bertz CT molecular complexity index is 139. The third-order valence-electron chi connectivity index (χ3n) is 3.68. The third-order valence-corrected chi connectivity index (χ3v) is 3.68. The Morgan fingerprint density at radius 2 is 1.44 bits per heavy atom. The molecule has 0 saturated carbocycles. The standard InChI is InChI=1S/C14H31NO/c1-4-5-6-7-8-10-13(2)14(3)11-9-12-15-16/h13-16H,4-12H2,1-3H3. The van der Waals surface area contributed by atoms with Gasteiger partial charge >= 0.3 is 0 Å². The quantitative estimate of drug-likeness (QED) is 0.407. The van der Waals surface area contributed by atoms with Gasteiger partial charge in [0.25, 0.3) is 0 Å². The highest BCUT2D eigenvalue weighted by molar-refractivity contribution is 4.63. The van der Waals surface area contributed by atoms with Crippen molar-refractivity contribution in [2.75, 3.05) is 6.54 Å². The van der Waals surface area contributed by atoms with Crippen LogP contribution in [0.3, 0.4) is 0 Å². The van der Waals surface area contributed by atoms with Crippen molar-refractivity contribution in [2.24, 2.45) is 11.8 Å². The van der Waals surface area contributed by atoms with Crippen LogP contribution >= 0.6 is 0 Å². The summed E-state index contributed by atoms with van der Waals surface area (Å²) in [6.07, 6.45) is 10.6. The van der Waals surface area contributed by atoms with Gasteiger partial charge < -0.3 is 5.21 Å². The summed E-state index contributed by atoms with van der Waals surface area (Å²) in [5, 5.41) is 8.49. The second-order valence-electron chi connectivity index (χ2n) is 5.21. The fourth-order valence-electron chi connectivity index (χ4n) is 2.14. The molecule has 2 N–H and O–H groups in total. The van der Waals surface area contributed by atoms with Crippen LogP contribution in [-0.2, 0) is 0 Å². The first kappa shape index (κ1) is 15.9. The van der Waals surface area contributed by atoms with E-state index >= 15 is 0 Å². The van der Waals surface area contributed by atoms with Crippen molar-refractivity contribution in [1.82, 2.24) is 5.48 Å². The van der Waals surface area contributed by atoms with E-state index in [9.17, 15) is 0 Å². The molecule has 0 heterocycles. The van der Waals surface area contributed by atoms with Crippen LogP contribution < -0.4 is 5.48 Å². The van der Waals surface area contributed by atoms with Crippen molar-refractivity contribution >= 4 is 0 Å². The number of hydrogen-bond donors (Lipinski definition) is 2. The van der Waals surface area contributed by atoms with Gasteiger partial charge in [-0.05, 0) is 24.7 Å². The fourth-order valence-corrected chi connectivity index (χ4v) is 2.14. The molecule has 0 spiro atoms. The van der Waals surface area contributed by atoms with E-state index in [2.05, 4.69) is 26.3 Å². The van der Waals surface area contributed by atoms with Crippen molar-refractivity contribution < 1.29 is 5.21 Å². The van der Waals surface area contributed by atoms with E-state index in [1.807, 2.05) is 0 Å². The zero-order valence-electron chi connectivity index (χ0n) is 11.5. The monoisotopic (exact) mass is 229 g/mol. The molecule has 2 unspecified atom stereocenters. The van der Waals surface area contributed by atoms with Gasteiger partial charge in [-0.25, -0.2) is 5.48 Å². The molecule has 0 aliphatic rings. The predicted octanol–water partition coefficient (Wildman–Crippen LogP) is 4.38. The van der Waals surface area contributed by atoms with Crippen LogP contribution in [0.2, 0.25) is 0 Å². The van der Waals surface area contributed by atoms with Crippen LogP contribution in [0.15, 0.2) is 0 Å². The van der Waals surface area contributed by atoms with Crippen LogP contribution in [0.5, 0.6) is 0 Å². The van der Waals surface area contributed by atoms with Crippen LogP contribution in [0.1, 0.15) is 72.1 Å². The lowest BCUT2D eigenvalue weighted by molar-refractivity contribution is 0.161. The Morgan fingerprint density at radius 3 is 2.00 bits per heavy atom. The van der Waals surface area contributed by atoms with E-state index in [0.29, 0.717) is 0 Å². The maximum absolute atomic E-state index is 8.49. The van der Waals surface area contributed by atoms with E-state index in [0.717, 1.165) is 24.8 Å². The van der Waals surface area contributed by atoms with Crippen LogP contribution in [0, 0.1) is 11.8 Å². The summed E-state index contributed by atoms with van der Waals surface area (Å²) in [5.74, 6) is 1.62. The summed E-state index contributed by atoms with van der Waals surface area (Å²) in [5.41, 5.74) is 2.23. The Labute approximate surface area is 102 Å². The summed E-state index contributed by atoms with van der Waals surface area (Å²) in [6, 6.07) is 0. The van der Waals surface area contributed by atoms with Gasteiger partial charge in [-0.1, -0.05) is 59.3 Å². The highest BCUT2D eigenvalue weighted by Gasteiger charge is 2.11. The van der Waals surface area contributed by atoms with Crippen LogP contribution in [0.4, 0.5) is 0 Å². The molecule has 0 aromatic rings. The average Bonchev–Trinajstić information content (AvgIpc) is 2.28. The summed E-state index contributed by atoms with van der Waals surface area (Å²) in [6.45, 7) is 7.71. The lowest BCUT2D eigenvalue weighted by atomic mass is 9.87. The molecule has 0 aromatic carbocycles. The molecule has 0 saturated heterocycles. The van der Waals surface area contributed by atoms with Gasteiger partial charge in [-0.2, -0.15) is 0 Å². The van der Waals surface area contributed by atoms with E-state index in [1.54, 1.807) is 0 Å². The first-order valence-electron chi connectivity index (χ1n) is 7.09. The molecular formula is C14H31NO. The van der Waals surface area contributed by atoms with Gasteiger partial charge in [0.05, 0.1) is 0 Å². The Balaban J connectivity index is 3.36. The molecule has 2 nitrogen and oxygen atoms in total. The van der Waals surface area contributed by atoms with Crippen LogP contribution in [-0.4, -0.2) is 11.8 Å². The van der Waals surface area contributed by atoms with E-state index in [1.165, 1.54) is 44.9 Å². The second kappa shape index (κ2) is 11.4. The molecule has 2 heteroatoms. The molecule has 16 heavy (non-hydrogen) atoms. The smallest absolute Gasteiger partial charge is 0.0207 e. The largest absolute Gasteiger partial charge is 0.317 e. The van der Waals surface area contributed by atoms with Crippen molar-refractivity contribution in [2.45, 2.75) is 72.1 Å². The fraction of sp³-hybridized carbons (Fsp3) is 1.00. The normalized spacial score (nSPS) is 15.0. The molecule has 0 rings (SSSR count). The number of hydroxylamine groups is 1. The molecule has 0 bridgehead atoms. The SMILES string of the molecule is CCCCCCCC(C)C(C)CCCNO. The summed E-state index contributed by atoms with van der Waals surface area (Å²) >= 11 is 0. The van der Waals surface area contributed by atoms with Crippen molar-refractivity contribution in [1.29, 1.82) is 0 Å². The first-order valence-corrected chi connectivity index (χ1v) is 7.09. The predicted molar refractivity (Wildman–Crippen MR) is 70.7 cm³/mol. The highest BCUT2D eigenvalue weighted by atomic mass is 16.5. The summed E-state index contributed by atoms with van der Waals surface area (Å²) < 4.78 is 0. The third kappa shape index (κ3) is 9.17. The molecule has 0 fully saturated rings. The Morgan fingerprint density at radius 1 is 0.875 bits per heavy atom. The lowest BCUT2D eigenvalue weighted by Crippen LogP contribution is -2.13. The average molecular weight is 229 g/mol. The summed E-state index contributed by atoms with van der Waals surface area (Å²) in [7, 11) is 0. The first-order chi connectivity index (χ1) is 7.72. The maximum Gasteiger partial charge on any atom is 0.0207 e. The maximum atomic E-state index is 8.49. The molecule has 0 aliphatic carbocycles. The van der Waals surface area contributed by atoms with Crippen molar-refractivity contribution in [3.05, 3.63) is 0 Å². The van der Waals surface area contributed by atoms with E-state index in [-0.39, 0.29) is 0 Å². The summed E-state index contributed by atoms with van der Waals surface area (Å²) in [4.78, 5) is 0. The van der Waals surface area contributed by atoms with Gasteiger partial charge in [0.15, 0.2) is 0 Å². The Kier molecular flexibility index (Phi) is 11.3. The minimum Gasteiger partial charge on any atom is -0.317 e. The van der Waals surface area contributed by atoms with Gasteiger partial charge in [0, 0.05) is 6.54 Å². The molecule has 2 atom stereocenters. The zero-order valence-corrected chi connectivity index (χ0v) is 11.5. The topological polar surface area (TPSA) is 32.3 Å². The van der Waals surface area contributed by atoms with Gasteiger partial charge in [-0.3, -0.25) is 0 Å². The van der Waals surface area contributed by atoms with Crippen molar-refractivity contribution in [3.63, 3.8) is 0 Å².